The molecule has 2 aromatic rings. The first-order valence-corrected chi connectivity index (χ1v) is 5.89. The number of anilines is 3. The number of nitrogens with one attached hydrogen (secondary N) is 1. The van der Waals surface area contributed by atoms with Crippen LogP contribution in [0.3, 0.4) is 0 Å². The van der Waals surface area contributed by atoms with Gasteiger partial charge in [-0.2, -0.15) is 0 Å². The van der Waals surface area contributed by atoms with Crippen LogP contribution in [-0.2, 0) is 0 Å². The van der Waals surface area contributed by atoms with Crippen molar-refractivity contribution in [1.29, 1.82) is 0 Å². The Morgan fingerprint density at radius 1 is 1.05 bits per heavy atom. The van der Waals surface area contributed by atoms with Crippen LogP contribution in [0.5, 0.6) is 5.75 Å². The van der Waals surface area contributed by atoms with Crippen molar-refractivity contribution in [2.45, 2.75) is 6.36 Å². The van der Waals surface area contributed by atoms with Gasteiger partial charge < -0.3 is 15.8 Å². The molecule has 0 aliphatic heterocycles. The largest absolute Gasteiger partial charge is 0.573 e. The molecule has 0 spiro atoms. The van der Waals surface area contributed by atoms with E-state index in [0.29, 0.717) is 22.1 Å². The maximum Gasteiger partial charge on any atom is 0.573 e. The summed E-state index contributed by atoms with van der Waals surface area (Å²) >= 11 is 5.98. The number of benzene rings is 2. The van der Waals surface area contributed by atoms with E-state index in [0.717, 1.165) is 0 Å². The molecule has 3 nitrogen and oxygen atoms in total. The molecule has 0 aliphatic rings. The van der Waals surface area contributed by atoms with Crippen molar-refractivity contribution in [2.75, 3.05) is 11.1 Å². The first kappa shape index (κ1) is 14.3. The molecule has 0 aliphatic carbocycles. The highest BCUT2D eigenvalue weighted by molar-refractivity contribution is 6.33. The Bertz CT molecular complexity index is 600. The average molecular weight is 303 g/mol. The predicted molar refractivity (Wildman–Crippen MR) is 72.3 cm³/mol. The van der Waals surface area contributed by atoms with Crippen LogP contribution >= 0.6 is 11.6 Å². The molecule has 0 saturated carbocycles. The lowest BCUT2D eigenvalue weighted by atomic mass is 10.2. The minimum absolute atomic E-state index is 0.286. The molecule has 20 heavy (non-hydrogen) atoms. The van der Waals surface area contributed by atoms with E-state index in [9.17, 15) is 13.2 Å². The summed E-state index contributed by atoms with van der Waals surface area (Å²) in [4.78, 5) is 0. The Hall–Kier alpha value is -2.08. The van der Waals surface area contributed by atoms with Gasteiger partial charge in [0.2, 0.25) is 0 Å². The lowest BCUT2D eigenvalue weighted by molar-refractivity contribution is -0.274. The Morgan fingerprint density at radius 2 is 1.70 bits per heavy atom. The van der Waals surface area contributed by atoms with Crippen LogP contribution in [0.1, 0.15) is 0 Å². The van der Waals surface area contributed by atoms with Crippen molar-refractivity contribution in [2.24, 2.45) is 0 Å². The minimum atomic E-state index is -4.70. The molecule has 0 aromatic heterocycles. The number of hydrogen-bond acceptors (Lipinski definition) is 3. The van der Waals surface area contributed by atoms with Gasteiger partial charge in [0.25, 0.3) is 0 Å². The van der Waals surface area contributed by atoms with Crippen LogP contribution in [0.4, 0.5) is 30.2 Å². The van der Waals surface area contributed by atoms with Gasteiger partial charge in [0.15, 0.2) is 0 Å². The Labute approximate surface area is 118 Å². The van der Waals surface area contributed by atoms with Gasteiger partial charge in [-0.15, -0.1) is 13.2 Å². The van der Waals surface area contributed by atoms with Crippen molar-refractivity contribution in [3.8, 4) is 5.75 Å². The summed E-state index contributed by atoms with van der Waals surface area (Å²) in [6, 6.07) is 10.2. The zero-order valence-corrected chi connectivity index (χ0v) is 10.8. The highest BCUT2D eigenvalue weighted by Gasteiger charge is 2.30. The lowest BCUT2D eigenvalue weighted by Crippen LogP contribution is -2.16. The molecule has 0 heterocycles. The number of halogens is 4. The summed E-state index contributed by atoms with van der Waals surface area (Å²) in [6.45, 7) is 0. The molecular weight excluding hydrogens is 293 g/mol. The van der Waals surface area contributed by atoms with Gasteiger partial charge in [-0.1, -0.05) is 11.6 Å². The fourth-order valence-electron chi connectivity index (χ4n) is 1.53. The van der Waals surface area contributed by atoms with Gasteiger partial charge in [-0.05, 0) is 42.5 Å². The summed E-state index contributed by atoms with van der Waals surface area (Å²) in [5.41, 5.74) is 7.26. The van der Waals surface area contributed by atoms with E-state index in [2.05, 4.69) is 10.1 Å². The molecule has 0 unspecified atom stereocenters. The third kappa shape index (κ3) is 3.96. The van der Waals surface area contributed by atoms with Gasteiger partial charge in [0.1, 0.15) is 5.75 Å². The van der Waals surface area contributed by atoms with Crippen LogP contribution < -0.4 is 15.8 Å². The fourth-order valence-corrected chi connectivity index (χ4v) is 1.76. The average Bonchev–Trinajstić information content (AvgIpc) is 2.33. The molecule has 0 saturated heterocycles. The number of nitrogens with two attached hydrogens (primary N) is 1. The van der Waals surface area contributed by atoms with E-state index >= 15 is 0 Å². The van der Waals surface area contributed by atoms with Crippen molar-refractivity contribution in [1.82, 2.24) is 0 Å². The van der Waals surface area contributed by atoms with E-state index in [1.54, 1.807) is 18.2 Å². The van der Waals surface area contributed by atoms with Gasteiger partial charge in [-0.3, -0.25) is 0 Å². The molecule has 2 rings (SSSR count). The smallest absolute Gasteiger partial charge is 0.406 e. The second kappa shape index (κ2) is 5.50. The van der Waals surface area contributed by atoms with Gasteiger partial charge >= 0.3 is 6.36 Å². The second-order valence-electron chi connectivity index (χ2n) is 3.94. The zero-order valence-electron chi connectivity index (χ0n) is 10.0. The Morgan fingerprint density at radius 3 is 2.25 bits per heavy atom. The minimum Gasteiger partial charge on any atom is -0.406 e. The molecule has 0 amide bonds. The van der Waals surface area contributed by atoms with E-state index in [1.165, 1.54) is 24.3 Å². The number of hydrogen-bond donors (Lipinski definition) is 2. The van der Waals surface area contributed by atoms with E-state index in [1.807, 2.05) is 0 Å². The summed E-state index contributed by atoms with van der Waals surface area (Å²) < 4.78 is 39.8. The van der Waals surface area contributed by atoms with Crippen LogP contribution in [-0.4, -0.2) is 6.36 Å². The van der Waals surface area contributed by atoms with Gasteiger partial charge in [0, 0.05) is 11.4 Å². The second-order valence-corrected chi connectivity index (χ2v) is 4.34. The maximum atomic E-state index is 12.0. The quantitative estimate of drug-likeness (QED) is 0.817. The number of alkyl halides is 3. The molecule has 0 radical (unpaired) electrons. The summed E-state index contributed by atoms with van der Waals surface area (Å²) in [5.74, 6) is -0.286. The highest BCUT2D eigenvalue weighted by atomic mass is 35.5. The van der Waals surface area contributed by atoms with E-state index in [-0.39, 0.29) is 5.75 Å². The summed E-state index contributed by atoms with van der Waals surface area (Å²) in [5, 5.41) is 3.38. The standard InChI is InChI=1S/C13H10ClF3N2O/c14-11-7-8(18)1-6-12(11)19-9-2-4-10(5-3-9)20-13(15,16)17/h1-7,19H,18H2. The third-order valence-corrected chi connectivity index (χ3v) is 2.67. The van der Waals surface area contributed by atoms with Crippen molar-refractivity contribution in [3.63, 3.8) is 0 Å². The summed E-state index contributed by atoms with van der Waals surface area (Å²) in [7, 11) is 0. The van der Waals surface area contributed by atoms with Gasteiger partial charge in [-0.25, -0.2) is 0 Å². The van der Waals surface area contributed by atoms with Crippen LogP contribution in [0.15, 0.2) is 42.5 Å². The molecule has 0 bridgehead atoms. The Balaban J connectivity index is 2.11. The highest BCUT2D eigenvalue weighted by Crippen LogP contribution is 2.29. The number of rotatable bonds is 3. The first-order valence-electron chi connectivity index (χ1n) is 5.51. The predicted octanol–water partition coefficient (Wildman–Crippen LogP) is 4.56. The van der Waals surface area contributed by atoms with Crippen molar-refractivity contribution >= 4 is 28.7 Å². The lowest BCUT2D eigenvalue weighted by Gasteiger charge is -2.11. The third-order valence-electron chi connectivity index (χ3n) is 2.36. The normalized spacial score (nSPS) is 11.2. The van der Waals surface area contributed by atoms with Crippen LogP contribution in [0.2, 0.25) is 5.02 Å². The molecule has 3 N–H and O–H groups in total. The van der Waals surface area contributed by atoms with E-state index < -0.39 is 6.36 Å². The molecule has 7 heteroatoms. The topological polar surface area (TPSA) is 47.3 Å². The fraction of sp³-hybridized carbons (Fsp3) is 0.0769. The zero-order chi connectivity index (χ0) is 14.8. The molecule has 0 fully saturated rings. The maximum absolute atomic E-state index is 12.0. The molecule has 106 valence electrons. The first-order chi connectivity index (χ1) is 9.33. The van der Waals surface area contributed by atoms with Crippen molar-refractivity contribution in [3.05, 3.63) is 47.5 Å². The van der Waals surface area contributed by atoms with Gasteiger partial charge in [0.05, 0.1) is 10.7 Å². The summed E-state index contributed by atoms with van der Waals surface area (Å²) in [6.07, 6.45) is -4.70. The van der Waals surface area contributed by atoms with Crippen molar-refractivity contribution < 1.29 is 17.9 Å². The van der Waals surface area contributed by atoms with Crippen LogP contribution in [0, 0.1) is 0 Å². The molecular formula is C13H10ClF3N2O. The molecule has 2 aromatic carbocycles. The number of nitrogen functional groups attached to an aromatic ring is 1. The Kier molecular flexibility index (Phi) is 3.94. The molecule has 0 atom stereocenters. The number of ether oxygens (including phenoxy) is 1. The SMILES string of the molecule is Nc1ccc(Nc2ccc(OC(F)(F)F)cc2)c(Cl)c1. The van der Waals surface area contributed by atoms with E-state index in [4.69, 9.17) is 17.3 Å². The monoisotopic (exact) mass is 302 g/mol. The van der Waals surface area contributed by atoms with Crippen LogP contribution in [0.25, 0.3) is 0 Å².